The van der Waals surface area contributed by atoms with Crippen LogP contribution in [0, 0.1) is 5.92 Å². The molecule has 0 saturated carbocycles. The zero-order chi connectivity index (χ0) is 15.7. The fourth-order valence-electron chi connectivity index (χ4n) is 3.11. The molecule has 2 saturated heterocycles. The smallest absolute Gasteiger partial charge is 0.243 e. The van der Waals surface area contributed by atoms with Crippen molar-refractivity contribution in [1.82, 2.24) is 9.21 Å². The number of likely N-dealkylation sites (N-methyl/N-ethyl adjacent to an activating group) is 1. The first kappa shape index (κ1) is 15.7. The van der Waals surface area contributed by atoms with Gasteiger partial charge in [0.05, 0.1) is 24.7 Å². The molecular weight excluding hydrogens is 304 g/mol. The van der Waals surface area contributed by atoms with Gasteiger partial charge in [0.1, 0.15) is 5.75 Å². The van der Waals surface area contributed by atoms with Crippen molar-refractivity contribution >= 4 is 10.0 Å². The van der Waals surface area contributed by atoms with Gasteiger partial charge in [-0.25, -0.2) is 8.42 Å². The summed E-state index contributed by atoms with van der Waals surface area (Å²) in [5.41, 5.74) is 0. The van der Waals surface area contributed by atoms with Crippen LogP contribution in [-0.2, 0) is 14.8 Å². The average Bonchev–Trinajstić information content (AvgIpc) is 2.83. The summed E-state index contributed by atoms with van der Waals surface area (Å²) in [6, 6.07) is 6.53. The molecule has 2 aliphatic heterocycles. The van der Waals surface area contributed by atoms with Crippen LogP contribution in [0.3, 0.4) is 0 Å². The van der Waals surface area contributed by atoms with Crippen LogP contribution in [0.1, 0.15) is 0 Å². The zero-order valence-corrected chi connectivity index (χ0v) is 13.8. The molecule has 3 rings (SSSR count). The predicted octanol–water partition coefficient (Wildman–Crippen LogP) is 0.646. The van der Waals surface area contributed by atoms with Crippen molar-refractivity contribution in [2.75, 3.05) is 46.9 Å². The number of fused-ring (bicyclic) bond motifs is 1. The Balaban J connectivity index is 1.78. The van der Waals surface area contributed by atoms with Gasteiger partial charge in [0.15, 0.2) is 0 Å². The molecule has 0 aromatic heterocycles. The van der Waals surface area contributed by atoms with Gasteiger partial charge >= 0.3 is 0 Å². The quantitative estimate of drug-likeness (QED) is 0.816. The molecule has 2 heterocycles. The van der Waals surface area contributed by atoms with Crippen LogP contribution in [-0.4, -0.2) is 70.7 Å². The lowest BCUT2D eigenvalue weighted by atomic mass is 10.1. The summed E-state index contributed by atoms with van der Waals surface area (Å²) in [6.07, 6.45) is -0.00188. The van der Waals surface area contributed by atoms with Crippen molar-refractivity contribution in [2.24, 2.45) is 5.92 Å². The van der Waals surface area contributed by atoms with E-state index in [-0.39, 0.29) is 12.0 Å². The third kappa shape index (κ3) is 2.99. The van der Waals surface area contributed by atoms with Crippen LogP contribution in [0.5, 0.6) is 5.75 Å². The zero-order valence-electron chi connectivity index (χ0n) is 12.9. The molecule has 0 amide bonds. The van der Waals surface area contributed by atoms with Gasteiger partial charge in [-0.15, -0.1) is 0 Å². The molecule has 0 aliphatic carbocycles. The lowest BCUT2D eigenvalue weighted by molar-refractivity contribution is 0.0550. The number of rotatable bonds is 3. The Morgan fingerprint density at radius 3 is 2.59 bits per heavy atom. The number of methoxy groups -OCH3 is 1. The highest BCUT2D eigenvalue weighted by Gasteiger charge is 2.41. The Morgan fingerprint density at radius 1 is 1.18 bits per heavy atom. The highest BCUT2D eigenvalue weighted by atomic mass is 32.2. The highest BCUT2D eigenvalue weighted by Crippen LogP contribution is 2.28. The van der Waals surface area contributed by atoms with Gasteiger partial charge in [0.2, 0.25) is 10.0 Å². The van der Waals surface area contributed by atoms with E-state index >= 15 is 0 Å². The fourth-order valence-corrected chi connectivity index (χ4v) is 4.62. The Morgan fingerprint density at radius 2 is 1.91 bits per heavy atom. The van der Waals surface area contributed by atoms with Crippen molar-refractivity contribution in [3.05, 3.63) is 24.3 Å². The Bertz CT molecular complexity index is 617. The van der Waals surface area contributed by atoms with E-state index in [9.17, 15) is 8.42 Å². The molecule has 2 atom stereocenters. The molecule has 22 heavy (non-hydrogen) atoms. The van der Waals surface area contributed by atoms with Gasteiger partial charge in [-0.1, -0.05) is 0 Å². The minimum Gasteiger partial charge on any atom is -0.497 e. The molecule has 0 radical (unpaired) electrons. The summed E-state index contributed by atoms with van der Waals surface area (Å²) in [4.78, 5) is 2.51. The van der Waals surface area contributed by atoms with E-state index in [1.165, 1.54) is 0 Å². The second-order valence-corrected chi connectivity index (χ2v) is 7.87. The van der Waals surface area contributed by atoms with Gasteiger partial charge in [0, 0.05) is 32.1 Å². The molecule has 0 N–H and O–H groups in total. The molecule has 0 bridgehead atoms. The van der Waals surface area contributed by atoms with Crippen molar-refractivity contribution in [1.29, 1.82) is 0 Å². The van der Waals surface area contributed by atoms with E-state index in [4.69, 9.17) is 9.47 Å². The molecule has 1 aromatic carbocycles. The molecule has 2 fully saturated rings. The maximum absolute atomic E-state index is 12.8. The second kappa shape index (κ2) is 6.16. The van der Waals surface area contributed by atoms with Crippen LogP contribution in [0.4, 0.5) is 0 Å². The SMILES string of the molecule is COc1ccc(S(=O)(=O)N2C[C@@H]3CN(C)CCO[C@@H]3C2)cc1. The predicted molar refractivity (Wildman–Crippen MR) is 82.5 cm³/mol. The number of benzene rings is 1. The van der Waals surface area contributed by atoms with Crippen molar-refractivity contribution < 1.29 is 17.9 Å². The number of sulfonamides is 1. The standard InChI is InChI=1S/C15H22N2O4S/c1-16-7-8-21-15-11-17(10-12(15)9-16)22(18,19)14-5-3-13(20-2)4-6-14/h3-6,12,15H,7-11H2,1-2H3/t12-,15+/m0/s1. The Kier molecular flexibility index (Phi) is 4.40. The third-order valence-electron chi connectivity index (χ3n) is 4.40. The van der Waals surface area contributed by atoms with Crippen molar-refractivity contribution in [3.63, 3.8) is 0 Å². The van der Waals surface area contributed by atoms with E-state index in [0.717, 1.165) is 13.1 Å². The maximum atomic E-state index is 12.8. The summed E-state index contributed by atoms with van der Waals surface area (Å²) < 4.78 is 38.0. The largest absolute Gasteiger partial charge is 0.497 e. The van der Waals surface area contributed by atoms with Crippen LogP contribution in [0.25, 0.3) is 0 Å². The molecule has 1 aromatic rings. The van der Waals surface area contributed by atoms with E-state index < -0.39 is 10.0 Å². The van der Waals surface area contributed by atoms with Gasteiger partial charge < -0.3 is 14.4 Å². The maximum Gasteiger partial charge on any atom is 0.243 e. The van der Waals surface area contributed by atoms with Crippen molar-refractivity contribution in [3.8, 4) is 5.75 Å². The first-order valence-corrected chi connectivity index (χ1v) is 8.89. The average molecular weight is 326 g/mol. The van der Waals surface area contributed by atoms with Crippen LogP contribution >= 0.6 is 0 Å². The lowest BCUT2D eigenvalue weighted by Crippen LogP contribution is -2.32. The number of nitrogens with zero attached hydrogens (tertiary/aromatic N) is 2. The lowest BCUT2D eigenvalue weighted by Gasteiger charge is -2.19. The fraction of sp³-hybridized carbons (Fsp3) is 0.600. The summed E-state index contributed by atoms with van der Waals surface area (Å²) in [6.45, 7) is 3.39. The second-order valence-electron chi connectivity index (χ2n) is 5.93. The van der Waals surface area contributed by atoms with Crippen molar-refractivity contribution in [2.45, 2.75) is 11.0 Å². The van der Waals surface area contributed by atoms with E-state index in [1.54, 1.807) is 35.7 Å². The molecule has 6 nitrogen and oxygen atoms in total. The van der Waals surface area contributed by atoms with Gasteiger partial charge in [-0.05, 0) is 31.3 Å². The highest BCUT2D eigenvalue weighted by molar-refractivity contribution is 7.89. The summed E-state index contributed by atoms with van der Waals surface area (Å²) in [7, 11) is 0.137. The summed E-state index contributed by atoms with van der Waals surface area (Å²) in [5, 5.41) is 0. The first-order chi connectivity index (χ1) is 10.5. The van der Waals surface area contributed by atoms with E-state index in [2.05, 4.69) is 4.90 Å². The Hall–Kier alpha value is -1.15. The van der Waals surface area contributed by atoms with Gasteiger partial charge in [0.25, 0.3) is 0 Å². The van der Waals surface area contributed by atoms with Crippen LogP contribution < -0.4 is 4.74 Å². The minimum atomic E-state index is -3.47. The Labute approximate surface area is 131 Å². The molecule has 0 unspecified atom stereocenters. The first-order valence-electron chi connectivity index (χ1n) is 7.45. The monoisotopic (exact) mass is 326 g/mol. The molecule has 2 aliphatic rings. The topological polar surface area (TPSA) is 59.1 Å². The van der Waals surface area contributed by atoms with Gasteiger partial charge in [-0.3, -0.25) is 0 Å². The normalized spacial score (nSPS) is 27.4. The molecule has 0 spiro atoms. The van der Waals surface area contributed by atoms with E-state index in [1.807, 2.05) is 7.05 Å². The summed E-state index contributed by atoms with van der Waals surface area (Å²) in [5.74, 6) is 0.885. The number of hydrogen-bond donors (Lipinski definition) is 0. The number of hydrogen-bond acceptors (Lipinski definition) is 5. The molecule has 122 valence electrons. The number of ether oxygens (including phenoxy) is 2. The third-order valence-corrected chi connectivity index (χ3v) is 6.24. The molecular formula is C15H22N2O4S. The van der Waals surface area contributed by atoms with E-state index in [0.29, 0.717) is 30.3 Å². The van der Waals surface area contributed by atoms with Gasteiger partial charge in [-0.2, -0.15) is 4.31 Å². The van der Waals surface area contributed by atoms with Crippen LogP contribution in [0.15, 0.2) is 29.2 Å². The van der Waals surface area contributed by atoms with Crippen LogP contribution in [0.2, 0.25) is 0 Å². The molecule has 7 heteroatoms. The summed E-state index contributed by atoms with van der Waals surface area (Å²) >= 11 is 0. The minimum absolute atomic E-state index is 0.00188.